The molecule has 0 aliphatic rings. The Kier molecular flexibility index (Phi) is 2.48. The molecule has 3 nitrogen and oxygen atoms in total. The SMILES string of the molecule is Cc1cncc(C(=O)NS)c1. The lowest BCUT2D eigenvalue weighted by Crippen LogP contribution is -2.12. The predicted octanol–water partition coefficient (Wildman–Crippen LogP) is 0.965. The largest absolute Gasteiger partial charge is 0.299 e. The Hall–Kier alpha value is -1.03. The first kappa shape index (κ1) is 8.07. The molecule has 1 aromatic rings. The number of carbonyl (C=O) groups excluding carboxylic acids is 1. The zero-order valence-corrected chi connectivity index (χ0v) is 6.93. The molecular formula is C7H8N2OS. The van der Waals surface area contributed by atoms with E-state index in [0.29, 0.717) is 5.56 Å². The fourth-order valence-corrected chi connectivity index (χ4v) is 0.873. The van der Waals surface area contributed by atoms with Gasteiger partial charge in [-0.3, -0.25) is 14.5 Å². The summed E-state index contributed by atoms with van der Waals surface area (Å²) in [6.45, 7) is 1.88. The summed E-state index contributed by atoms with van der Waals surface area (Å²) in [5, 5.41) is 0. The molecule has 0 atom stereocenters. The number of nitrogens with one attached hydrogen (secondary N) is 1. The molecule has 4 heteroatoms. The highest BCUT2D eigenvalue weighted by Gasteiger charge is 2.01. The van der Waals surface area contributed by atoms with E-state index in [9.17, 15) is 4.79 Å². The summed E-state index contributed by atoms with van der Waals surface area (Å²) >= 11 is 3.63. The second kappa shape index (κ2) is 3.39. The molecule has 0 aromatic carbocycles. The number of carbonyl (C=O) groups is 1. The van der Waals surface area contributed by atoms with Crippen LogP contribution in [0.15, 0.2) is 18.5 Å². The lowest BCUT2D eigenvalue weighted by Gasteiger charge is -1.97. The Morgan fingerprint density at radius 1 is 1.64 bits per heavy atom. The minimum absolute atomic E-state index is 0.232. The summed E-state index contributed by atoms with van der Waals surface area (Å²) in [7, 11) is 0. The van der Waals surface area contributed by atoms with Gasteiger partial charge in [-0.25, -0.2) is 0 Å². The Bertz CT molecular complexity index is 275. The molecule has 0 bridgehead atoms. The lowest BCUT2D eigenvalue weighted by atomic mass is 10.2. The van der Waals surface area contributed by atoms with Crippen molar-refractivity contribution in [3.05, 3.63) is 29.6 Å². The van der Waals surface area contributed by atoms with Gasteiger partial charge < -0.3 is 0 Å². The highest BCUT2D eigenvalue weighted by atomic mass is 32.1. The highest BCUT2D eigenvalue weighted by molar-refractivity contribution is 7.78. The van der Waals surface area contributed by atoms with Crippen LogP contribution in [0.1, 0.15) is 15.9 Å². The van der Waals surface area contributed by atoms with Crippen LogP contribution in [0.4, 0.5) is 0 Å². The van der Waals surface area contributed by atoms with Gasteiger partial charge in [0.1, 0.15) is 0 Å². The number of nitrogens with zero attached hydrogens (tertiary/aromatic N) is 1. The summed E-state index contributed by atoms with van der Waals surface area (Å²) in [5.41, 5.74) is 1.49. The number of rotatable bonds is 1. The second-order valence-corrected chi connectivity index (χ2v) is 2.42. The summed E-state index contributed by atoms with van der Waals surface area (Å²) in [5.74, 6) is -0.232. The average molecular weight is 168 g/mol. The van der Waals surface area contributed by atoms with E-state index >= 15 is 0 Å². The van der Waals surface area contributed by atoms with Gasteiger partial charge in [0.15, 0.2) is 0 Å². The highest BCUT2D eigenvalue weighted by Crippen LogP contribution is 2.00. The Balaban J connectivity index is 2.96. The van der Waals surface area contributed by atoms with Crippen molar-refractivity contribution in [2.45, 2.75) is 6.92 Å². The van der Waals surface area contributed by atoms with Crippen molar-refractivity contribution in [1.82, 2.24) is 9.71 Å². The molecular weight excluding hydrogens is 160 g/mol. The summed E-state index contributed by atoms with van der Waals surface area (Å²) < 4.78 is 2.22. The average Bonchev–Trinajstić information content (AvgIpc) is 2.03. The predicted molar refractivity (Wildman–Crippen MR) is 45.4 cm³/mol. The van der Waals surface area contributed by atoms with Crippen LogP contribution in [0, 0.1) is 6.92 Å². The van der Waals surface area contributed by atoms with Crippen LogP contribution in [0.25, 0.3) is 0 Å². The molecule has 1 N–H and O–H groups in total. The number of amides is 1. The van der Waals surface area contributed by atoms with E-state index in [1.807, 2.05) is 6.92 Å². The van der Waals surface area contributed by atoms with Crippen molar-refractivity contribution < 1.29 is 4.79 Å². The third-order valence-electron chi connectivity index (χ3n) is 1.24. The summed E-state index contributed by atoms with van der Waals surface area (Å²) in [6, 6.07) is 1.75. The molecule has 0 radical (unpaired) electrons. The Morgan fingerprint density at radius 3 is 2.91 bits per heavy atom. The lowest BCUT2D eigenvalue weighted by molar-refractivity contribution is 0.0984. The van der Waals surface area contributed by atoms with Crippen LogP contribution in [0.3, 0.4) is 0 Å². The monoisotopic (exact) mass is 168 g/mol. The van der Waals surface area contributed by atoms with Crippen molar-refractivity contribution in [3.63, 3.8) is 0 Å². The minimum Gasteiger partial charge on any atom is -0.299 e. The zero-order chi connectivity index (χ0) is 8.27. The van der Waals surface area contributed by atoms with E-state index in [1.165, 1.54) is 6.20 Å². The summed E-state index contributed by atoms with van der Waals surface area (Å²) in [4.78, 5) is 14.8. The van der Waals surface area contributed by atoms with Crippen LogP contribution in [-0.4, -0.2) is 10.9 Å². The number of pyridine rings is 1. The smallest absolute Gasteiger partial charge is 0.262 e. The van der Waals surface area contributed by atoms with Crippen LogP contribution >= 0.6 is 12.8 Å². The molecule has 0 aliphatic heterocycles. The van der Waals surface area contributed by atoms with Gasteiger partial charge >= 0.3 is 0 Å². The van der Waals surface area contributed by atoms with Gasteiger partial charge in [0.2, 0.25) is 0 Å². The maximum Gasteiger partial charge on any atom is 0.262 e. The van der Waals surface area contributed by atoms with Gasteiger partial charge in [-0.05, 0) is 18.6 Å². The topological polar surface area (TPSA) is 42.0 Å². The molecule has 1 rings (SSSR count). The van der Waals surface area contributed by atoms with E-state index < -0.39 is 0 Å². The van der Waals surface area contributed by atoms with Crippen molar-refractivity contribution in [1.29, 1.82) is 0 Å². The molecule has 0 unspecified atom stereocenters. The maximum absolute atomic E-state index is 10.9. The number of hydrogen-bond acceptors (Lipinski definition) is 3. The maximum atomic E-state index is 10.9. The van der Waals surface area contributed by atoms with Gasteiger partial charge in [0, 0.05) is 12.4 Å². The van der Waals surface area contributed by atoms with Gasteiger partial charge in [-0.1, -0.05) is 12.8 Å². The summed E-state index contributed by atoms with van der Waals surface area (Å²) in [6.07, 6.45) is 3.19. The van der Waals surface area contributed by atoms with Crippen molar-refractivity contribution in [2.24, 2.45) is 0 Å². The first-order chi connectivity index (χ1) is 5.24. The van der Waals surface area contributed by atoms with Gasteiger partial charge in [-0.15, -0.1) is 0 Å². The normalized spacial score (nSPS) is 9.27. The van der Waals surface area contributed by atoms with E-state index in [1.54, 1.807) is 12.3 Å². The van der Waals surface area contributed by atoms with Crippen LogP contribution < -0.4 is 4.72 Å². The molecule has 1 heterocycles. The van der Waals surface area contributed by atoms with E-state index in [0.717, 1.165) is 5.56 Å². The number of hydrogen-bond donors (Lipinski definition) is 2. The standard InChI is InChI=1S/C7H8N2OS/c1-5-2-6(4-8-3-5)7(10)9-11/h2-4,11H,1H3,(H,9,10). The fraction of sp³-hybridized carbons (Fsp3) is 0.143. The first-order valence-corrected chi connectivity index (χ1v) is 3.55. The van der Waals surface area contributed by atoms with Crippen LogP contribution in [-0.2, 0) is 0 Å². The molecule has 0 fully saturated rings. The number of aromatic nitrogens is 1. The fourth-order valence-electron chi connectivity index (χ4n) is 0.744. The molecule has 0 spiro atoms. The van der Waals surface area contributed by atoms with E-state index in [4.69, 9.17) is 0 Å². The molecule has 1 aromatic heterocycles. The number of aryl methyl sites for hydroxylation is 1. The van der Waals surface area contributed by atoms with E-state index in [-0.39, 0.29) is 5.91 Å². The van der Waals surface area contributed by atoms with Crippen molar-refractivity contribution in [3.8, 4) is 0 Å². The van der Waals surface area contributed by atoms with E-state index in [2.05, 4.69) is 22.5 Å². The van der Waals surface area contributed by atoms with Crippen molar-refractivity contribution >= 4 is 18.7 Å². The van der Waals surface area contributed by atoms with Gasteiger partial charge in [0.05, 0.1) is 5.56 Å². The molecule has 0 saturated heterocycles. The molecule has 58 valence electrons. The van der Waals surface area contributed by atoms with Crippen molar-refractivity contribution in [2.75, 3.05) is 0 Å². The molecule has 1 amide bonds. The quantitative estimate of drug-likeness (QED) is 0.613. The molecule has 0 aliphatic carbocycles. The molecule has 0 saturated carbocycles. The van der Waals surface area contributed by atoms with Crippen LogP contribution in [0.2, 0.25) is 0 Å². The Labute approximate surface area is 70.4 Å². The third-order valence-corrected chi connectivity index (χ3v) is 1.44. The minimum atomic E-state index is -0.232. The third kappa shape index (κ3) is 1.94. The zero-order valence-electron chi connectivity index (χ0n) is 6.03. The Morgan fingerprint density at radius 2 is 2.36 bits per heavy atom. The van der Waals surface area contributed by atoms with Gasteiger partial charge in [-0.2, -0.15) is 0 Å². The van der Waals surface area contributed by atoms with Gasteiger partial charge in [0.25, 0.3) is 5.91 Å². The number of thiol groups is 1. The van der Waals surface area contributed by atoms with Crippen LogP contribution in [0.5, 0.6) is 0 Å². The first-order valence-electron chi connectivity index (χ1n) is 3.10. The second-order valence-electron chi connectivity index (χ2n) is 2.19. The molecule has 11 heavy (non-hydrogen) atoms.